The van der Waals surface area contributed by atoms with Crippen LogP contribution in [0.1, 0.15) is 48.3 Å². The van der Waals surface area contributed by atoms with Crippen molar-refractivity contribution in [3.05, 3.63) is 58.9 Å². The fourth-order valence-electron chi connectivity index (χ4n) is 4.97. The summed E-state index contributed by atoms with van der Waals surface area (Å²) in [5.41, 5.74) is 3.60. The van der Waals surface area contributed by atoms with E-state index in [0.29, 0.717) is 12.8 Å². The Morgan fingerprint density at radius 1 is 1.03 bits per heavy atom. The first kappa shape index (κ1) is 19.8. The van der Waals surface area contributed by atoms with Crippen molar-refractivity contribution >= 4 is 11.7 Å². The van der Waals surface area contributed by atoms with Crippen LogP contribution in [0.4, 0.5) is 4.39 Å². The summed E-state index contributed by atoms with van der Waals surface area (Å²) in [6.45, 7) is 3.87. The van der Waals surface area contributed by atoms with E-state index in [1.54, 1.807) is 19.2 Å². The third-order valence-corrected chi connectivity index (χ3v) is 6.65. The number of hydrogen-bond acceptors (Lipinski definition) is 3. The smallest absolute Gasteiger partial charge is 0.235 e. The summed E-state index contributed by atoms with van der Waals surface area (Å²) in [5, 5.41) is 3.04. The van der Waals surface area contributed by atoms with Crippen LogP contribution < -0.4 is 5.32 Å². The molecule has 1 spiro atoms. The maximum absolute atomic E-state index is 13.5. The Labute approximate surface area is 170 Å². The zero-order valence-electron chi connectivity index (χ0n) is 17.0. The van der Waals surface area contributed by atoms with Crippen molar-refractivity contribution in [1.82, 2.24) is 5.32 Å². The highest BCUT2D eigenvalue weighted by atomic mass is 19.1. The second kappa shape index (κ2) is 7.38. The number of rotatable bonds is 3. The first-order valence-electron chi connectivity index (χ1n) is 10.1. The molecule has 1 N–H and O–H groups in total. The van der Waals surface area contributed by atoms with Crippen molar-refractivity contribution in [3.8, 4) is 11.1 Å². The number of carbonyl (C=O) groups excluding carboxylic acids is 2. The summed E-state index contributed by atoms with van der Waals surface area (Å²) in [7, 11) is 1.69. The van der Waals surface area contributed by atoms with Gasteiger partial charge in [-0.25, -0.2) is 4.39 Å². The van der Waals surface area contributed by atoms with Crippen molar-refractivity contribution < 1.29 is 18.7 Å². The quantitative estimate of drug-likeness (QED) is 0.792. The number of benzene rings is 2. The third kappa shape index (κ3) is 3.27. The molecule has 152 valence electrons. The Kier molecular flexibility index (Phi) is 5.03. The summed E-state index contributed by atoms with van der Waals surface area (Å²) < 4.78 is 18.8. The van der Waals surface area contributed by atoms with Crippen LogP contribution >= 0.6 is 0 Å². The SMILES string of the molecule is COC1CCC2(CC1)NC(=O)[C@H](c1c(C)ccc(-c3ccc(F)cc3)c1C)C2=O. The Morgan fingerprint density at radius 2 is 1.69 bits per heavy atom. The van der Waals surface area contributed by atoms with E-state index < -0.39 is 11.5 Å². The molecule has 4 nitrogen and oxygen atoms in total. The Bertz CT molecular complexity index is 959. The zero-order valence-corrected chi connectivity index (χ0v) is 17.0. The average molecular weight is 395 g/mol. The van der Waals surface area contributed by atoms with E-state index in [1.807, 2.05) is 26.0 Å². The largest absolute Gasteiger partial charge is 0.381 e. The number of halogens is 1. The standard InChI is InChI=1S/C24H26FNO3/c1-14-4-9-19(16-5-7-17(25)8-6-16)15(2)20(14)21-22(27)24(26-23(21)28)12-10-18(29-3)11-13-24/h4-9,18,21H,10-13H2,1-3H3,(H,26,28)/t18?,21-,24?/m1/s1. The van der Waals surface area contributed by atoms with Gasteiger partial charge < -0.3 is 10.1 Å². The van der Waals surface area contributed by atoms with Crippen molar-refractivity contribution in [2.75, 3.05) is 7.11 Å². The molecule has 0 radical (unpaired) electrons. The number of Topliss-reactive ketones (excluding diaryl/α,β-unsaturated/α-hetero) is 1. The summed E-state index contributed by atoms with van der Waals surface area (Å²) in [6, 6.07) is 10.2. The summed E-state index contributed by atoms with van der Waals surface area (Å²) in [6.07, 6.45) is 2.91. The lowest BCUT2D eigenvalue weighted by Crippen LogP contribution is -2.50. The fraction of sp³-hybridized carbons (Fsp3) is 0.417. The molecule has 4 rings (SSSR count). The molecule has 1 heterocycles. The predicted molar refractivity (Wildman–Crippen MR) is 109 cm³/mol. The second-order valence-electron chi connectivity index (χ2n) is 8.28. The molecular formula is C24H26FNO3. The number of nitrogens with one attached hydrogen (secondary N) is 1. The number of ketones is 1. The van der Waals surface area contributed by atoms with Crippen LogP contribution in [0.5, 0.6) is 0 Å². The Morgan fingerprint density at radius 3 is 2.31 bits per heavy atom. The zero-order chi connectivity index (χ0) is 20.8. The van der Waals surface area contributed by atoms with Gasteiger partial charge in [0.2, 0.25) is 5.91 Å². The number of aryl methyl sites for hydroxylation is 1. The molecule has 2 aromatic carbocycles. The van der Waals surface area contributed by atoms with Gasteiger partial charge in [-0.1, -0.05) is 24.3 Å². The summed E-state index contributed by atoms with van der Waals surface area (Å²) in [4.78, 5) is 26.5. The first-order valence-corrected chi connectivity index (χ1v) is 10.1. The molecular weight excluding hydrogens is 369 g/mol. The molecule has 1 saturated heterocycles. The summed E-state index contributed by atoms with van der Waals surface area (Å²) in [5.74, 6) is -1.33. The minimum absolute atomic E-state index is 0.0282. The van der Waals surface area contributed by atoms with Gasteiger partial charge in [0.05, 0.1) is 11.6 Å². The molecule has 1 saturated carbocycles. The lowest BCUT2D eigenvalue weighted by atomic mass is 9.74. The maximum Gasteiger partial charge on any atom is 0.235 e. The van der Waals surface area contributed by atoms with Crippen molar-refractivity contribution in [3.63, 3.8) is 0 Å². The molecule has 0 bridgehead atoms. The highest BCUT2D eigenvalue weighted by Crippen LogP contribution is 2.42. The van der Waals surface area contributed by atoms with Crippen LogP contribution in [0.15, 0.2) is 36.4 Å². The molecule has 0 unspecified atom stereocenters. The van der Waals surface area contributed by atoms with Crippen molar-refractivity contribution in [2.24, 2.45) is 0 Å². The number of amides is 1. The van der Waals surface area contributed by atoms with Crippen molar-refractivity contribution in [2.45, 2.75) is 57.1 Å². The van der Waals surface area contributed by atoms with Crippen LogP contribution in [-0.2, 0) is 14.3 Å². The van der Waals surface area contributed by atoms with E-state index in [2.05, 4.69) is 5.32 Å². The van der Waals surface area contributed by atoms with Crippen LogP contribution in [0.25, 0.3) is 11.1 Å². The van der Waals surface area contributed by atoms with Gasteiger partial charge >= 0.3 is 0 Å². The predicted octanol–water partition coefficient (Wildman–Crippen LogP) is 4.22. The molecule has 1 atom stereocenters. The highest BCUT2D eigenvalue weighted by Gasteiger charge is 2.54. The van der Waals surface area contributed by atoms with Gasteiger partial charge in [0, 0.05) is 7.11 Å². The molecule has 1 aliphatic carbocycles. The Hall–Kier alpha value is -2.53. The van der Waals surface area contributed by atoms with Crippen LogP contribution in [0, 0.1) is 19.7 Å². The van der Waals surface area contributed by atoms with Crippen molar-refractivity contribution in [1.29, 1.82) is 0 Å². The number of ether oxygens (including phenoxy) is 1. The number of methoxy groups -OCH3 is 1. The highest BCUT2D eigenvalue weighted by molar-refractivity contribution is 6.17. The minimum atomic E-state index is -0.797. The first-order chi connectivity index (χ1) is 13.9. The van der Waals surface area contributed by atoms with Gasteiger partial charge in [0.1, 0.15) is 11.7 Å². The van der Waals surface area contributed by atoms with Crippen LogP contribution in [0.2, 0.25) is 0 Å². The molecule has 5 heteroatoms. The normalized spacial score (nSPS) is 26.8. The second-order valence-corrected chi connectivity index (χ2v) is 8.28. The van der Waals surface area contributed by atoms with Gasteiger partial charge in [-0.05, 0) is 79.5 Å². The molecule has 1 amide bonds. The van der Waals surface area contributed by atoms with Gasteiger partial charge in [-0.3, -0.25) is 9.59 Å². The van der Waals surface area contributed by atoms with E-state index in [1.165, 1.54) is 12.1 Å². The summed E-state index contributed by atoms with van der Waals surface area (Å²) >= 11 is 0. The average Bonchev–Trinajstić information content (AvgIpc) is 2.94. The molecule has 0 aromatic heterocycles. The van der Waals surface area contributed by atoms with Crippen LogP contribution in [0.3, 0.4) is 0 Å². The van der Waals surface area contributed by atoms with E-state index >= 15 is 0 Å². The number of hydrogen-bond donors (Lipinski definition) is 1. The molecule has 2 aliphatic rings. The topological polar surface area (TPSA) is 55.4 Å². The molecule has 1 aliphatic heterocycles. The monoisotopic (exact) mass is 395 g/mol. The van der Waals surface area contributed by atoms with Gasteiger partial charge in [0.25, 0.3) is 0 Å². The maximum atomic E-state index is 13.5. The lowest BCUT2D eigenvalue weighted by Gasteiger charge is -2.35. The molecule has 2 fully saturated rings. The van der Waals surface area contributed by atoms with E-state index in [4.69, 9.17) is 4.74 Å². The molecule has 2 aromatic rings. The van der Waals surface area contributed by atoms with E-state index in [-0.39, 0.29) is 23.6 Å². The van der Waals surface area contributed by atoms with Gasteiger partial charge in [-0.15, -0.1) is 0 Å². The fourth-order valence-corrected chi connectivity index (χ4v) is 4.97. The van der Waals surface area contributed by atoms with E-state index in [9.17, 15) is 14.0 Å². The van der Waals surface area contributed by atoms with Gasteiger partial charge in [0.15, 0.2) is 5.78 Å². The van der Waals surface area contributed by atoms with E-state index in [0.717, 1.165) is 40.7 Å². The third-order valence-electron chi connectivity index (χ3n) is 6.65. The van der Waals surface area contributed by atoms with Gasteiger partial charge in [-0.2, -0.15) is 0 Å². The Balaban J connectivity index is 1.73. The van der Waals surface area contributed by atoms with Crippen LogP contribution in [-0.4, -0.2) is 30.4 Å². The number of carbonyl (C=O) groups is 2. The minimum Gasteiger partial charge on any atom is -0.381 e. The molecule has 29 heavy (non-hydrogen) atoms. The lowest BCUT2D eigenvalue weighted by molar-refractivity contribution is -0.126.